The predicted octanol–water partition coefficient (Wildman–Crippen LogP) is 3.14. The second-order valence-electron chi connectivity index (χ2n) is 6.30. The average molecular weight is 439 g/mol. The van der Waals surface area contributed by atoms with Gasteiger partial charge >= 0.3 is 0 Å². The second kappa shape index (κ2) is 7.58. The highest BCUT2D eigenvalue weighted by molar-refractivity contribution is 7.92. The zero-order valence-corrected chi connectivity index (χ0v) is 16.2. The van der Waals surface area contributed by atoms with Gasteiger partial charge in [0.05, 0.1) is 28.4 Å². The minimum Gasteiger partial charge on any atom is -0.345 e. The molecule has 0 saturated carbocycles. The molecule has 0 spiro atoms. The number of pyridine rings is 2. The van der Waals surface area contributed by atoms with Gasteiger partial charge in [-0.1, -0.05) is 0 Å². The van der Waals surface area contributed by atoms with Gasteiger partial charge in [-0.2, -0.15) is 5.26 Å². The van der Waals surface area contributed by atoms with E-state index in [2.05, 4.69) is 15.0 Å². The predicted molar refractivity (Wildman–Crippen MR) is 106 cm³/mol. The Morgan fingerprint density at radius 1 is 1.16 bits per heavy atom. The number of anilines is 1. The Bertz CT molecular complexity index is 1480. The Kier molecular flexibility index (Phi) is 4.92. The number of sulfonamides is 1. The third-order valence-corrected chi connectivity index (χ3v) is 5.80. The van der Waals surface area contributed by atoms with Crippen LogP contribution in [-0.2, 0) is 10.0 Å². The first-order valence-electron chi connectivity index (χ1n) is 8.65. The van der Waals surface area contributed by atoms with Gasteiger partial charge in [0, 0.05) is 30.2 Å². The highest BCUT2D eigenvalue weighted by Crippen LogP contribution is 2.29. The second-order valence-corrected chi connectivity index (χ2v) is 7.99. The molecule has 31 heavy (non-hydrogen) atoms. The van der Waals surface area contributed by atoms with E-state index in [1.807, 2.05) is 10.8 Å². The first-order valence-corrected chi connectivity index (χ1v) is 10.1. The number of halogens is 2. The zero-order valence-electron chi connectivity index (χ0n) is 15.4. The van der Waals surface area contributed by atoms with Crippen molar-refractivity contribution in [2.24, 2.45) is 0 Å². The molecular formula is C20H11F2N5O3S. The van der Waals surface area contributed by atoms with Gasteiger partial charge in [0.15, 0.2) is 5.82 Å². The molecule has 4 rings (SSSR count). The summed E-state index contributed by atoms with van der Waals surface area (Å²) < 4.78 is 56.5. The molecule has 154 valence electrons. The van der Waals surface area contributed by atoms with Gasteiger partial charge in [0.1, 0.15) is 16.4 Å². The maximum absolute atomic E-state index is 15.1. The monoisotopic (exact) mass is 439 g/mol. The lowest BCUT2D eigenvalue weighted by Crippen LogP contribution is -2.16. The highest BCUT2D eigenvalue weighted by atomic mass is 32.2. The van der Waals surface area contributed by atoms with E-state index in [0.717, 1.165) is 18.3 Å². The number of rotatable bonds is 5. The topological polar surface area (TPSA) is 129 Å². The van der Waals surface area contributed by atoms with E-state index in [4.69, 9.17) is 0 Å². The lowest BCUT2D eigenvalue weighted by molar-refractivity contribution is 0.103. The summed E-state index contributed by atoms with van der Waals surface area (Å²) in [4.78, 5) is 23.1. The fourth-order valence-electron chi connectivity index (χ4n) is 3.01. The van der Waals surface area contributed by atoms with Gasteiger partial charge in [0.2, 0.25) is 5.78 Å². The van der Waals surface area contributed by atoms with Crippen molar-refractivity contribution in [3.05, 3.63) is 83.4 Å². The van der Waals surface area contributed by atoms with Crippen molar-refractivity contribution in [3.63, 3.8) is 0 Å². The summed E-state index contributed by atoms with van der Waals surface area (Å²) in [6.45, 7) is 0. The van der Waals surface area contributed by atoms with Crippen molar-refractivity contribution in [3.8, 4) is 6.07 Å². The normalized spacial score (nSPS) is 11.3. The third kappa shape index (κ3) is 3.49. The van der Waals surface area contributed by atoms with Crippen molar-refractivity contribution in [2.45, 2.75) is 4.90 Å². The van der Waals surface area contributed by atoms with Gasteiger partial charge in [-0.25, -0.2) is 22.2 Å². The zero-order chi connectivity index (χ0) is 22.2. The minimum absolute atomic E-state index is 0.0869. The van der Waals surface area contributed by atoms with Crippen molar-refractivity contribution in [1.29, 1.82) is 5.26 Å². The lowest BCUT2D eigenvalue weighted by Gasteiger charge is -2.11. The maximum Gasteiger partial charge on any atom is 0.263 e. The lowest BCUT2D eigenvalue weighted by atomic mass is 10.00. The van der Waals surface area contributed by atoms with E-state index in [1.54, 1.807) is 0 Å². The number of H-pyrrole nitrogens is 1. The Balaban J connectivity index is 1.81. The molecule has 8 nitrogen and oxygen atoms in total. The standard InChI is InChI=1S/C20H11F2N5O3S/c21-14-3-4-15(27-31(29,30)12-2-1-6-24-9-12)18(22)17(14)19(28)13-10-26-20-16(13)11(8-23)5-7-25-20/h1-7,9-10,27H,(H,25,26). The summed E-state index contributed by atoms with van der Waals surface area (Å²) in [5.41, 5.74) is -1.49. The van der Waals surface area contributed by atoms with Gasteiger partial charge in [-0.15, -0.1) is 0 Å². The van der Waals surface area contributed by atoms with Gasteiger partial charge in [-0.05, 0) is 30.3 Å². The van der Waals surface area contributed by atoms with Crippen molar-refractivity contribution in [2.75, 3.05) is 4.72 Å². The van der Waals surface area contributed by atoms with Crippen LogP contribution in [0.2, 0.25) is 0 Å². The van der Waals surface area contributed by atoms with Crippen LogP contribution < -0.4 is 4.72 Å². The van der Waals surface area contributed by atoms with Crippen LogP contribution in [-0.4, -0.2) is 29.2 Å². The summed E-state index contributed by atoms with van der Waals surface area (Å²) in [6, 6.07) is 7.51. The van der Waals surface area contributed by atoms with Crippen molar-refractivity contribution in [1.82, 2.24) is 15.0 Å². The molecule has 0 radical (unpaired) electrons. The maximum atomic E-state index is 15.1. The molecule has 2 N–H and O–H groups in total. The molecule has 3 heterocycles. The Hall–Kier alpha value is -4.17. The van der Waals surface area contributed by atoms with Crippen LogP contribution in [0, 0.1) is 23.0 Å². The van der Waals surface area contributed by atoms with E-state index in [1.165, 1.54) is 36.8 Å². The SMILES string of the molecule is N#Cc1ccnc2[nH]cc(C(=O)c3c(F)ccc(NS(=O)(=O)c4cccnc4)c3F)c12. The average Bonchev–Trinajstić information content (AvgIpc) is 3.21. The number of carbonyl (C=O) groups is 1. The third-order valence-electron chi connectivity index (χ3n) is 4.45. The molecule has 0 aliphatic rings. The molecule has 0 unspecified atom stereocenters. The number of carbonyl (C=O) groups excluding carboxylic acids is 1. The fourth-order valence-corrected chi connectivity index (χ4v) is 4.04. The van der Waals surface area contributed by atoms with Crippen LogP contribution in [0.4, 0.5) is 14.5 Å². The number of aromatic amines is 1. The Morgan fingerprint density at radius 2 is 1.97 bits per heavy atom. The number of aromatic nitrogens is 3. The minimum atomic E-state index is -4.24. The summed E-state index contributed by atoms with van der Waals surface area (Å²) in [5.74, 6) is -3.66. The first-order chi connectivity index (χ1) is 14.8. The fraction of sp³-hybridized carbons (Fsp3) is 0. The molecular weight excluding hydrogens is 428 g/mol. The molecule has 0 aliphatic heterocycles. The van der Waals surface area contributed by atoms with Crippen LogP contribution in [0.25, 0.3) is 11.0 Å². The molecule has 0 aliphatic carbocycles. The largest absolute Gasteiger partial charge is 0.345 e. The number of fused-ring (bicyclic) bond motifs is 1. The van der Waals surface area contributed by atoms with Crippen LogP contribution in [0.3, 0.4) is 0 Å². The van der Waals surface area contributed by atoms with Gasteiger partial charge < -0.3 is 4.98 Å². The molecule has 3 aromatic heterocycles. The molecule has 11 heteroatoms. The van der Waals surface area contributed by atoms with Crippen LogP contribution >= 0.6 is 0 Å². The summed E-state index contributed by atoms with van der Waals surface area (Å²) in [7, 11) is -4.24. The van der Waals surface area contributed by atoms with Crippen LogP contribution in [0.5, 0.6) is 0 Å². The Morgan fingerprint density at radius 3 is 2.68 bits per heavy atom. The summed E-state index contributed by atoms with van der Waals surface area (Å²) in [5, 5.41) is 9.39. The van der Waals surface area contributed by atoms with Gasteiger partial charge in [-0.3, -0.25) is 14.5 Å². The summed E-state index contributed by atoms with van der Waals surface area (Å²) in [6.07, 6.45) is 4.95. The molecule has 1 aromatic carbocycles. The number of nitrogens with zero attached hydrogens (tertiary/aromatic N) is 3. The van der Waals surface area contributed by atoms with Crippen LogP contribution in [0.1, 0.15) is 21.5 Å². The molecule has 0 saturated heterocycles. The van der Waals surface area contributed by atoms with Crippen LogP contribution in [0.15, 0.2) is 60.0 Å². The number of hydrogen-bond acceptors (Lipinski definition) is 6. The van der Waals surface area contributed by atoms with E-state index in [0.29, 0.717) is 0 Å². The number of nitrogens with one attached hydrogen (secondary N) is 2. The van der Waals surface area contributed by atoms with E-state index < -0.39 is 38.7 Å². The van der Waals surface area contributed by atoms with E-state index in [9.17, 15) is 22.9 Å². The molecule has 0 amide bonds. The number of ketones is 1. The number of benzene rings is 1. The molecule has 0 bridgehead atoms. The number of nitriles is 1. The van der Waals surface area contributed by atoms with Crippen molar-refractivity contribution < 1.29 is 22.0 Å². The Labute approximate surface area is 174 Å². The highest BCUT2D eigenvalue weighted by Gasteiger charge is 2.27. The molecule has 0 fully saturated rings. The van der Waals surface area contributed by atoms with Crippen molar-refractivity contribution >= 4 is 32.5 Å². The first kappa shape index (κ1) is 20.1. The number of hydrogen-bond donors (Lipinski definition) is 2. The van der Waals surface area contributed by atoms with Gasteiger partial charge in [0.25, 0.3) is 10.0 Å². The summed E-state index contributed by atoms with van der Waals surface area (Å²) >= 11 is 0. The van der Waals surface area contributed by atoms with E-state index >= 15 is 4.39 Å². The quantitative estimate of drug-likeness (QED) is 0.460. The molecule has 0 atom stereocenters. The molecule has 4 aromatic rings. The van der Waals surface area contributed by atoms with E-state index in [-0.39, 0.29) is 27.1 Å². The smallest absolute Gasteiger partial charge is 0.263 e.